The van der Waals surface area contributed by atoms with Crippen molar-refractivity contribution in [2.45, 2.75) is 26.8 Å². The molecule has 0 radical (unpaired) electrons. The highest BCUT2D eigenvalue weighted by molar-refractivity contribution is 5.72. The highest BCUT2D eigenvalue weighted by atomic mass is 16.5. The number of fused-ring (bicyclic) bond motifs is 1. The van der Waals surface area contributed by atoms with Crippen molar-refractivity contribution in [1.29, 1.82) is 0 Å². The molecule has 0 saturated heterocycles. The van der Waals surface area contributed by atoms with Crippen molar-refractivity contribution in [3.8, 4) is 0 Å². The fraction of sp³-hybridized carbons (Fsp3) is 0.462. The molecule has 3 aromatic rings. The van der Waals surface area contributed by atoms with E-state index in [1.54, 1.807) is 11.7 Å². The van der Waals surface area contributed by atoms with Crippen LogP contribution in [0.3, 0.4) is 0 Å². The standard InChI is InChI=1S/C13H16N6O2/c1-8(2)4-10-16-11(21-17-10)6-19-7-14-12-9(13(19)20)5-15-18(12)3/h5,7-8H,4,6H2,1-3H3. The first-order valence-corrected chi connectivity index (χ1v) is 6.73. The molecule has 3 aromatic heterocycles. The molecule has 0 N–H and O–H groups in total. The van der Waals surface area contributed by atoms with Crippen molar-refractivity contribution in [3.05, 3.63) is 34.6 Å². The lowest BCUT2D eigenvalue weighted by atomic mass is 10.1. The van der Waals surface area contributed by atoms with E-state index in [0.717, 1.165) is 6.42 Å². The highest BCUT2D eigenvalue weighted by Gasteiger charge is 2.12. The van der Waals surface area contributed by atoms with Gasteiger partial charge >= 0.3 is 0 Å². The van der Waals surface area contributed by atoms with Crippen LogP contribution in [0, 0.1) is 5.92 Å². The van der Waals surface area contributed by atoms with Gasteiger partial charge in [0.1, 0.15) is 18.3 Å². The highest BCUT2D eigenvalue weighted by Crippen LogP contribution is 2.07. The Morgan fingerprint density at radius 2 is 2.19 bits per heavy atom. The lowest BCUT2D eigenvalue weighted by Gasteiger charge is -2.01. The Labute approximate surface area is 120 Å². The fourth-order valence-corrected chi connectivity index (χ4v) is 2.13. The maximum absolute atomic E-state index is 12.3. The minimum absolute atomic E-state index is 0.170. The molecular weight excluding hydrogens is 272 g/mol. The van der Waals surface area contributed by atoms with E-state index in [9.17, 15) is 4.79 Å². The minimum atomic E-state index is -0.170. The van der Waals surface area contributed by atoms with Crippen molar-refractivity contribution in [1.82, 2.24) is 29.5 Å². The summed E-state index contributed by atoms with van der Waals surface area (Å²) in [5.74, 6) is 1.51. The maximum atomic E-state index is 12.3. The number of rotatable bonds is 4. The molecular formula is C13H16N6O2. The normalized spacial score (nSPS) is 11.6. The van der Waals surface area contributed by atoms with Gasteiger partial charge in [0, 0.05) is 13.5 Å². The lowest BCUT2D eigenvalue weighted by molar-refractivity contribution is 0.362. The zero-order chi connectivity index (χ0) is 15.0. The Kier molecular flexibility index (Phi) is 3.28. The Bertz CT molecular complexity index is 829. The van der Waals surface area contributed by atoms with Gasteiger partial charge in [-0.3, -0.25) is 14.0 Å². The van der Waals surface area contributed by atoms with Gasteiger partial charge < -0.3 is 4.52 Å². The quantitative estimate of drug-likeness (QED) is 0.704. The number of nitrogens with zero attached hydrogens (tertiary/aromatic N) is 6. The van der Waals surface area contributed by atoms with Crippen LogP contribution in [-0.4, -0.2) is 29.5 Å². The lowest BCUT2D eigenvalue weighted by Crippen LogP contribution is -2.21. The zero-order valence-corrected chi connectivity index (χ0v) is 12.1. The predicted octanol–water partition coefficient (Wildman–Crippen LogP) is 0.760. The average Bonchev–Trinajstić information content (AvgIpc) is 3.00. The van der Waals surface area contributed by atoms with E-state index in [2.05, 4.69) is 34.1 Å². The number of hydrogen-bond donors (Lipinski definition) is 0. The van der Waals surface area contributed by atoms with Crippen molar-refractivity contribution in [3.63, 3.8) is 0 Å². The van der Waals surface area contributed by atoms with Crippen molar-refractivity contribution < 1.29 is 4.52 Å². The Balaban J connectivity index is 1.89. The van der Waals surface area contributed by atoms with E-state index < -0.39 is 0 Å². The van der Waals surface area contributed by atoms with E-state index >= 15 is 0 Å². The van der Waals surface area contributed by atoms with Gasteiger partial charge in [0.15, 0.2) is 11.5 Å². The van der Waals surface area contributed by atoms with Gasteiger partial charge in [-0.2, -0.15) is 10.1 Å². The summed E-state index contributed by atoms with van der Waals surface area (Å²) in [5, 5.41) is 8.42. The molecule has 0 spiro atoms. The van der Waals surface area contributed by atoms with Gasteiger partial charge in [-0.25, -0.2) is 4.98 Å². The van der Waals surface area contributed by atoms with Crippen LogP contribution in [-0.2, 0) is 20.0 Å². The maximum Gasteiger partial charge on any atom is 0.264 e. The number of aryl methyl sites for hydroxylation is 1. The molecule has 8 nitrogen and oxygen atoms in total. The van der Waals surface area contributed by atoms with E-state index in [4.69, 9.17) is 4.52 Å². The SMILES string of the molecule is CC(C)Cc1noc(Cn2cnc3c(cnn3C)c2=O)n1. The first kappa shape index (κ1) is 13.5. The first-order valence-electron chi connectivity index (χ1n) is 6.73. The molecule has 0 aliphatic heterocycles. The van der Waals surface area contributed by atoms with Gasteiger partial charge in [0.2, 0.25) is 5.89 Å². The molecule has 0 unspecified atom stereocenters. The third kappa shape index (κ3) is 2.56. The molecule has 0 aliphatic carbocycles. The second-order valence-corrected chi connectivity index (χ2v) is 5.39. The van der Waals surface area contributed by atoms with Crippen LogP contribution in [0.4, 0.5) is 0 Å². The second kappa shape index (κ2) is 5.12. The zero-order valence-electron chi connectivity index (χ0n) is 12.1. The molecule has 0 aromatic carbocycles. The Morgan fingerprint density at radius 3 is 2.95 bits per heavy atom. The van der Waals surface area contributed by atoms with Crippen LogP contribution in [0.1, 0.15) is 25.6 Å². The molecule has 3 rings (SSSR count). The summed E-state index contributed by atoms with van der Waals surface area (Å²) in [6.45, 7) is 4.38. The third-order valence-corrected chi connectivity index (χ3v) is 3.12. The van der Waals surface area contributed by atoms with E-state index in [-0.39, 0.29) is 12.1 Å². The van der Waals surface area contributed by atoms with E-state index in [1.807, 2.05) is 0 Å². The van der Waals surface area contributed by atoms with Crippen molar-refractivity contribution in [2.75, 3.05) is 0 Å². The smallest absolute Gasteiger partial charge is 0.264 e. The van der Waals surface area contributed by atoms with E-state index in [0.29, 0.717) is 28.7 Å². The van der Waals surface area contributed by atoms with Crippen molar-refractivity contribution >= 4 is 11.0 Å². The molecule has 21 heavy (non-hydrogen) atoms. The van der Waals surface area contributed by atoms with Crippen LogP contribution in [0.2, 0.25) is 0 Å². The van der Waals surface area contributed by atoms with Crippen LogP contribution < -0.4 is 5.56 Å². The number of aromatic nitrogens is 6. The topological polar surface area (TPSA) is 91.6 Å². The van der Waals surface area contributed by atoms with Gasteiger partial charge in [-0.05, 0) is 5.92 Å². The number of hydrogen-bond acceptors (Lipinski definition) is 6. The second-order valence-electron chi connectivity index (χ2n) is 5.39. The first-order chi connectivity index (χ1) is 10.0. The minimum Gasteiger partial charge on any atom is -0.337 e. The molecule has 0 fully saturated rings. The molecule has 8 heteroatoms. The summed E-state index contributed by atoms with van der Waals surface area (Å²) >= 11 is 0. The summed E-state index contributed by atoms with van der Waals surface area (Å²) in [7, 11) is 1.75. The van der Waals surface area contributed by atoms with Crippen LogP contribution in [0.5, 0.6) is 0 Å². The Morgan fingerprint density at radius 1 is 1.38 bits per heavy atom. The molecule has 0 amide bonds. The average molecular weight is 288 g/mol. The van der Waals surface area contributed by atoms with E-state index in [1.165, 1.54) is 17.1 Å². The molecule has 0 saturated carbocycles. The summed E-state index contributed by atoms with van der Waals surface area (Å²) in [5.41, 5.74) is 0.388. The predicted molar refractivity (Wildman–Crippen MR) is 74.7 cm³/mol. The largest absolute Gasteiger partial charge is 0.337 e. The van der Waals surface area contributed by atoms with Crippen molar-refractivity contribution in [2.24, 2.45) is 13.0 Å². The molecule has 3 heterocycles. The summed E-state index contributed by atoms with van der Waals surface area (Å²) in [6.07, 6.45) is 3.73. The van der Waals surface area contributed by atoms with Gasteiger partial charge in [0.25, 0.3) is 5.56 Å². The Hall–Kier alpha value is -2.51. The monoisotopic (exact) mass is 288 g/mol. The summed E-state index contributed by atoms with van der Waals surface area (Å²) in [4.78, 5) is 20.8. The summed E-state index contributed by atoms with van der Waals surface area (Å²) in [6, 6.07) is 0. The molecule has 0 aliphatic rings. The van der Waals surface area contributed by atoms with Crippen LogP contribution in [0.25, 0.3) is 11.0 Å². The molecule has 0 bridgehead atoms. The molecule has 110 valence electrons. The van der Waals surface area contributed by atoms with Crippen LogP contribution in [0.15, 0.2) is 21.8 Å². The fourth-order valence-electron chi connectivity index (χ4n) is 2.13. The van der Waals surface area contributed by atoms with Gasteiger partial charge in [0.05, 0.1) is 6.20 Å². The molecule has 0 atom stereocenters. The summed E-state index contributed by atoms with van der Waals surface area (Å²) < 4.78 is 8.18. The van der Waals surface area contributed by atoms with Gasteiger partial charge in [-0.1, -0.05) is 19.0 Å². The van der Waals surface area contributed by atoms with Crippen LogP contribution >= 0.6 is 0 Å². The third-order valence-electron chi connectivity index (χ3n) is 3.12. The van der Waals surface area contributed by atoms with Gasteiger partial charge in [-0.15, -0.1) is 0 Å².